The fourth-order valence-electron chi connectivity index (χ4n) is 2.84. The van der Waals surface area contributed by atoms with Crippen LogP contribution in [0.15, 0.2) is 60.7 Å². The predicted octanol–water partition coefficient (Wildman–Crippen LogP) is 2.49. The van der Waals surface area contributed by atoms with Crippen molar-refractivity contribution in [2.75, 3.05) is 0 Å². The third-order valence-corrected chi connectivity index (χ3v) is 3.88. The summed E-state index contributed by atoms with van der Waals surface area (Å²) in [7, 11) is 0. The molecular formula is C17H16O4. The highest BCUT2D eigenvalue weighted by molar-refractivity contribution is 5.73. The van der Waals surface area contributed by atoms with E-state index in [1.165, 1.54) is 0 Å². The van der Waals surface area contributed by atoms with Crippen LogP contribution >= 0.6 is 0 Å². The van der Waals surface area contributed by atoms with Crippen LogP contribution in [0.5, 0.6) is 0 Å². The lowest BCUT2D eigenvalue weighted by molar-refractivity contribution is -0.150. The molecule has 0 unspecified atom stereocenters. The van der Waals surface area contributed by atoms with Gasteiger partial charge in [0.15, 0.2) is 6.10 Å². The first-order valence-corrected chi connectivity index (χ1v) is 6.82. The van der Waals surface area contributed by atoms with Crippen molar-refractivity contribution in [2.24, 2.45) is 0 Å². The number of hydrogen-bond donors (Lipinski definition) is 2. The molecule has 0 bridgehead atoms. The van der Waals surface area contributed by atoms with Crippen LogP contribution in [0.2, 0.25) is 0 Å². The van der Waals surface area contributed by atoms with Crippen molar-refractivity contribution < 1.29 is 19.7 Å². The Morgan fingerprint density at radius 1 is 1.05 bits per heavy atom. The summed E-state index contributed by atoms with van der Waals surface area (Å²) in [6, 6.07) is 18.3. The number of carboxylic acids is 1. The van der Waals surface area contributed by atoms with Gasteiger partial charge in [0, 0.05) is 6.42 Å². The molecule has 1 aliphatic heterocycles. The average molecular weight is 284 g/mol. The second-order valence-electron chi connectivity index (χ2n) is 5.25. The van der Waals surface area contributed by atoms with Crippen LogP contribution in [-0.2, 0) is 15.1 Å². The van der Waals surface area contributed by atoms with Crippen LogP contribution in [0.3, 0.4) is 0 Å². The lowest BCUT2D eigenvalue weighted by Gasteiger charge is -2.29. The minimum Gasteiger partial charge on any atom is -0.479 e. The molecule has 1 saturated heterocycles. The van der Waals surface area contributed by atoms with Crippen LogP contribution in [0.1, 0.15) is 23.7 Å². The number of benzene rings is 2. The molecule has 2 N–H and O–H groups in total. The van der Waals surface area contributed by atoms with E-state index in [-0.39, 0.29) is 6.42 Å². The predicted molar refractivity (Wildman–Crippen MR) is 76.6 cm³/mol. The van der Waals surface area contributed by atoms with Gasteiger partial charge in [0.1, 0.15) is 11.7 Å². The number of carbonyl (C=O) groups is 1. The zero-order chi connectivity index (χ0) is 14.9. The van der Waals surface area contributed by atoms with E-state index < -0.39 is 23.8 Å². The summed E-state index contributed by atoms with van der Waals surface area (Å²) in [5.74, 6) is -1.05. The van der Waals surface area contributed by atoms with E-state index in [9.17, 15) is 15.0 Å². The maximum Gasteiger partial charge on any atom is 0.332 e. The van der Waals surface area contributed by atoms with Gasteiger partial charge in [-0.25, -0.2) is 4.79 Å². The van der Waals surface area contributed by atoms with Gasteiger partial charge in [-0.3, -0.25) is 0 Å². The lowest BCUT2D eigenvalue weighted by Crippen LogP contribution is -2.29. The van der Waals surface area contributed by atoms with Crippen molar-refractivity contribution in [3.8, 4) is 0 Å². The van der Waals surface area contributed by atoms with Crippen LogP contribution in [0.25, 0.3) is 0 Å². The molecular weight excluding hydrogens is 268 g/mol. The first-order chi connectivity index (χ1) is 10.1. The quantitative estimate of drug-likeness (QED) is 0.908. The van der Waals surface area contributed by atoms with Gasteiger partial charge >= 0.3 is 5.97 Å². The summed E-state index contributed by atoms with van der Waals surface area (Å²) >= 11 is 0. The minimum atomic E-state index is -1.34. The molecule has 108 valence electrons. The second kappa shape index (κ2) is 5.31. The van der Waals surface area contributed by atoms with Gasteiger partial charge in [0.2, 0.25) is 0 Å². The van der Waals surface area contributed by atoms with Crippen LogP contribution in [0.4, 0.5) is 0 Å². The van der Waals surface area contributed by atoms with Gasteiger partial charge in [0.05, 0.1) is 0 Å². The van der Waals surface area contributed by atoms with E-state index in [1.807, 2.05) is 48.5 Å². The topological polar surface area (TPSA) is 66.8 Å². The molecule has 4 heteroatoms. The van der Waals surface area contributed by atoms with Crippen molar-refractivity contribution in [3.05, 3.63) is 71.8 Å². The fourth-order valence-corrected chi connectivity index (χ4v) is 2.84. The zero-order valence-corrected chi connectivity index (χ0v) is 11.3. The molecule has 0 radical (unpaired) electrons. The minimum absolute atomic E-state index is 0.0336. The first-order valence-electron chi connectivity index (χ1n) is 6.82. The Labute approximate surface area is 122 Å². The van der Waals surface area contributed by atoms with Crippen LogP contribution in [0, 0.1) is 0 Å². The number of aliphatic hydroxyl groups is 1. The summed E-state index contributed by atoms with van der Waals surface area (Å²) in [6.45, 7) is 0. The Morgan fingerprint density at radius 3 is 2.19 bits per heavy atom. The number of carboxylic acid groups (broad SMARTS) is 1. The Kier molecular flexibility index (Phi) is 3.49. The highest BCUT2D eigenvalue weighted by Gasteiger charge is 2.51. The molecule has 3 rings (SSSR count). The first kappa shape index (κ1) is 13.8. The van der Waals surface area contributed by atoms with Crippen LogP contribution in [-0.4, -0.2) is 22.3 Å². The van der Waals surface area contributed by atoms with Gasteiger partial charge in [0.25, 0.3) is 0 Å². The Bertz CT molecular complexity index is 626. The van der Waals surface area contributed by atoms with Crippen molar-refractivity contribution >= 4 is 5.97 Å². The molecule has 0 spiro atoms. The van der Waals surface area contributed by atoms with E-state index >= 15 is 0 Å². The number of rotatable bonds is 3. The monoisotopic (exact) mass is 284 g/mol. The van der Waals surface area contributed by atoms with Crippen molar-refractivity contribution in [3.63, 3.8) is 0 Å². The fraction of sp³-hybridized carbons (Fsp3) is 0.235. The summed E-state index contributed by atoms with van der Waals surface area (Å²) in [6.07, 6.45) is -1.67. The molecule has 2 aromatic rings. The standard InChI is InChI=1S/C17H16O4/c18-16(19)14-11-17(20,13-9-5-2-6-10-13)15(21-14)12-7-3-1-4-8-12/h1-10,14-15,20H,11H2,(H,18,19)/t14-,15+,17+/m1/s1. The molecule has 0 saturated carbocycles. The highest BCUT2D eigenvalue weighted by Crippen LogP contribution is 2.48. The van der Waals surface area contributed by atoms with Gasteiger partial charge in [-0.05, 0) is 11.1 Å². The second-order valence-corrected chi connectivity index (χ2v) is 5.25. The smallest absolute Gasteiger partial charge is 0.332 e. The van der Waals surface area contributed by atoms with Gasteiger partial charge < -0.3 is 14.9 Å². The largest absolute Gasteiger partial charge is 0.479 e. The Morgan fingerprint density at radius 2 is 1.62 bits per heavy atom. The summed E-state index contributed by atoms with van der Waals surface area (Å²) in [5.41, 5.74) is 0.0984. The number of ether oxygens (including phenoxy) is 1. The Hall–Kier alpha value is -2.17. The van der Waals surface area contributed by atoms with E-state index in [2.05, 4.69) is 0 Å². The molecule has 0 aliphatic carbocycles. The van der Waals surface area contributed by atoms with Gasteiger partial charge in [-0.15, -0.1) is 0 Å². The van der Waals surface area contributed by atoms with Crippen LogP contribution < -0.4 is 0 Å². The van der Waals surface area contributed by atoms with Crippen molar-refractivity contribution in [1.29, 1.82) is 0 Å². The molecule has 1 aliphatic rings. The van der Waals surface area contributed by atoms with E-state index in [0.717, 1.165) is 5.56 Å². The SMILES string of the molecule is O=C(O)[C@H]1C[C@](O)(c2ccccc2)[C@H](c2ccccc2)O1. The molecule has 21 heavy (non-hydrogen) atoms. The zero-order valence-electron chi connectivity index (χ0n) is 11.3. The maximum absolute atomic E-state index is 11.3. The molecule has 0 aromatic heterocycles. The highest BCUT2D eigenvalue weighted by atomic mass is 16.5. The van der Waals surface area contributed by atoms with E-state index in [1.54, 1.807) is 12.1 Å². The summed E-state index contributed by atoms with van der Waals surface area (Å²) < 4.78 is 5.63. The average Bonchev–Trinajstić information content (AvgIpc) is 2.89. The van der Waals surface area contributed by atoms with E-state index in [4.69, 9.17) is 4.74 Å². The molecule has 3 atom stereocenters. The van der Waals surface area contributed by atoms with Crippen molar-refractivity contribution in [1.82, 2.24) is 0 Å². The molecule has 1 heterocycles. The summed E-state index contributed by atoms with van der Waals surface area (Å²) in [5, 5.41) is 20.3. The Balaban J connectivity index is 2.05. The molecule has 4 nitrogen and oxygen atoms in total. The van der Waals surface area contributed by atoms with Crippen molar-refractivity contribution in [2.45, 2.75) is 24.2 Å². The lowest BCUT2D eigenvalue weighted by atomic mass is 9.83. The normalized spacial score (nSPS) is 28.4. The third kappa shape index (κ3) is 2.44. The van der Waals surface area contributed by atoms with E-state index in [0.29, 0.717) is 5.56 Å². The maximum atomic E-state index is 11.3. The third-order valence-electron chi connectivity index (χ3n) is 3.88. The molecule has 0 amide bonds. The molecule has 2 aromatic carbocycles. The number of hydrogen-bond acceptors (Lipinski definition) is 3. The summed E-state index contributed by atoms with van der Waals surface area (Å²) in [4.78, 5) is 11.3. The van der Waals surface area contributed by atoms with Gasteiger partial charge in [-0.2, -0.15) is 0 Å². The molecule has 1 fully saturated rings. The number of aliphatic carboxylic acids is 1. The van der Waals surface area contributed by atoms with Gasteiger partial charge in [-0.1, -0.05) is 60.7 Å².